The van der Waals surface area contributed by atoms with Crippen LogP contribution in [-0.4, -0.2) is 65.1 Å². The van der Waals surface area contributed by atoms with Crippen LogP contribution in [-0.2, 0) is 9.47 Å². The van der Waals surface area contributed by atoms with Gasteiger partial charge in [0.2, 0.25) is 0 Å². The Morgan fingerprint density at radius 1 is 1.20 bits per heavy atom. The summed E-state index contributed by atoms with van der Waals surface area (Å²) < 4.78 is 10.9. The van der Waals surface area contributed by atoms with Crippen LogP contribution in [0.2, 0.25) is 0 Å². The Bertz CT molecular complexity index is 227. The standard InChI is InChI=1S/C9H17NO5/c10-2-4-1-5-9(14-4)8(13)7(12)6(3-11)15-5/h4-9,11-13H,1-3,10H2/t4?,5-,6?,7-,8?,9?/m1/s1. The molecular formula is C9H17NO5. The molecule has 0 aromatic carbocycles. The lowest BCUT2D eigenvalue weighted by molar-refractivity contribution is -0.217. The number of hydrogen-bond donors (Lipinski definition) is 4. The lowest BCUT2D eigenvalue weighted by atomic mass is 9.95. The van der Waals surface area contributed by atoms with Crippen LogP contribution >= 0.6 is 0 Å². The molecular weight excluding hydrogens is 202 g/mol. The second-order valence-electron chi connectivity index (χ2n) is 4.07. The highest BCUT2D eigenvalue weighted by Crippen LogP contribution is 2.32. The summed E-state index contributed by atoms with van der Waals surface area (Å²) >= 11 is 0. The van der Waals surface area contributed by atoms with Crippen LogP contribution in [0.3, 0.4) is 0 Å². The highest BCUT2D eigenvalue weighted by Gasteiger charge is 2.49. The topological polar surface area (TPSA) is 105 Å². The zero-order valence-electron chi connectivity index (χ0n) is 8.32. The third kappa shape index (κ3) is 1.89. The number of rotatable bonds is 2. The summed E-state index contributed by atoms with van der Waals surface area (Å²) in [6.07, 6.45) is -3.21. The molecule has 6 nitrogen and oxygen atoms in total. The van der Waals surface area contributed by atoms with Crippen molar-refractivity contribution in [2.24, 2.45) is 5.73 Å². The summed E-state index contributed by atoms with van der Waals surface area (Å²) in [4.78, 5) is 0. The highest BCUT2D eigenvalue weighted by atomic mass is 16.6. The molecule has 0 spiro atoms. The van der Waals surface area contributed by atoms with Gasteiger partial charge in [-0.15, -0.1) is 0 Å². The van der Waals surface area contributed by atoms with E-state index < -0.39 is 24.4 Å². The summed E-state index contributed by atoms with van der Waals surface area (Å²) in [5.41, 5.74) is 5.46. The number of aliphatic hydroxyl groups is 3. The second-order valence-corrected chi connectivity index (χ2v) is 4.07. The first-order valence-corrected chi connectivity index (χ1v) is 5.15. The van der Waals surface area contributed by atoms with E-state index in [0.29, 0.717) is 13.0 Å². The minimum Gasteiger partial charge on any atom is -0.394 e. The van der Waals surface area contributed by atoms with E-state index in [1.807, 2.05) is 0 Å². The summed E-state index contributed by atoms with van der Waals surface area (Å²) in [7, 11) is 0. The van der Waals surface area contributed by atoms with Gasteiger partial charge in [0.15, 0.2) is 0 Å². The Labute approximate surface area is 87.6 Å². The van der Waals surface area contributed by atoms with Gasteiger partial charge in [-0.3, -0.25) is 0 Å². The molecule has 2 rings (SSSR count). The molecule has 0 aromatic rings. The fraction of sp³-hybridized carbons (Fsp3) is 1.00. The molecule has 0 aromatic heterocycles. The van der Waals surface area contributed by atoms with Gasteiger partial charge in [-0.2, -0.15) is 0 Å². The molecule has 2 saturated heterocycles. The van der Waals surface area contributed by atoms with E-state index in [4.69, 9.17) is 20.3 Å². The summed E-state index contributed by atoms with van der Waals surface area (Å²) in [6, 6.07) is 0. The Balaban J connectivity index is 2.06. The molecule has 2 fully saturated rings. The SMILES string of the molecule is NCC1C[C@H]2OC(CO)[C@@H](O)C(O)C2O1. The second kappa shape index (κ2) is 4.32. The zero-order chi connectivity index (χ0) is 11.0. The minimum absolute atomic E-state index is 0.140. The van der Waals surface area contributed by atoms with Crippen LogP contribution in [0.5, 0.6) is 0 Å². The van der Waals surface area contributed by atoms with Crippen molar-refractivity contribution in [1.82, 2.24) is 0 Å². The van der Waals surface area contributed by atoms with Crippen molar-refractivity contribution in [3.8, 4) is 0 Å². The van der Waals surface area contributed by atoms with Crippen molar-refractivity contribution < 1.29 is 24.8 Å². The number of ether oxygens (including phenoxy) is 2. The van der Waals surface area contributed by atoms with Crippen LogP contribution in [0, 0.1) is 0 Å². The third-order valence-electron chi connectivity index (χ3n) is 3.07. The lowest BCUT2D eigenvalue weighted by Gasteiger charge is -2.38. The van der Waals surface area contributed by atoms with Gasteiger partial charge in [-0.25, -0.2) is 0 Å². The van der Waals surface area contributed by atoms with Gasteiger partial charge >= 0.3 is 0 Å². The maximum atomic E-state index is 9.76. The Morgan fingerprint density at radius 3 is 2.53 bits per heavy atom. The molecule has 15 heavy (non-hydrogen) atoms. The summed E-state index contributed by atoms with van der Waals surface area (Å²) in [6.45, 7) is 0.0533. The average Bonchev–Trinajstić information content (AvgIpc) is 2.66. The van der Waals surface area contributed by atoms with Crippen LogP contribution < -0.4 is 5.73 Å². The number of aliphatic hydroxyl groups excluding tert-OH is 3. The predicted molar refractivity (Wildman–Crippen MR) is 50.1 cm³/mol. The Morgan fingerprint density at radius 2 is 1.93 bits per heavy atom. The van der Waals surface area contributed by atoms with Crippen molar-refractivity contribution in [1.29, 1.82) is 0 Å². The van der Waals surface area contributed by atoms with E-state index in [9.17, 15) is 10.2 Å². The smallest absolute Gasteiger partial charge is 0.113 e. The minimum atomic E-state index is -1.10. The van der Waals surface area contributed by atoms with Gasteiger partial charge in [0.25, 0.3) is 0 Å². The van der Waals surface area contributed by atoms with E-state index >= 15 is 0 Å². The zero-order valence-corrected chi connectivity index (χ0v) is 8.32. The van der Waals surface area contributed by atoms with Gasteiger partial charge in [-0.05, 0) is 0 Å². The molecule has 88 valence electrons. The van der Waals surface area contributed by atoms with Crippen LogP contribution in [0.25, 0.3) is 0 Å². The van der Waals surface area contributed by atoms with E-state index in [-0.39, 0.29) is 18.8 Å². The molecule has 0 aliphatic carbocycles. The molecule has 0 saturated carbocycles. The van der Waals surface area contributed by atoms with Gasteiger partial charge in [-0.1, -0.05) is 0 Å². The summed E-state index contributed by atoms with van der Waals surface area (Å²) in [5.74, 6) is 0. The Hall–Kier alpha value is -0.240. The van der Waals surface area contributed by atoms with E-state index in [0.717, 1.165) is 0 Å². The molecule has 2 aliphatic rings. The number of hydrogen-bond acceptors (Lipinski definition) is 6. The van der Waals surface area contributed by atoms with Crippen molar-refractivity contribution >= 4 is 0 Å². The first-order valence-electron chi connectivity index (χ1n) is 5.15. The number of fused-ring (bicyclic) bond motifs is 1. The van der Waals surface area contributed by atoms with Crippen molar-refractivity contribution in [2.45, 2.75) is 43.0 Å². The highest BCUT2D eigenvalue weighted by molar-refractivity contribution is 4.97. The van der Waals surface area contributed by atoms with Gasteiger partial charge < -0.3 is 30.5 Å². The predicted octanol–water partition coefficient (Wildman–Crippen LogP) is -2.42. The first kappa shape index (κ1) is 11.3. The third-order valence-corrected chi connectivity index (χ3v) is 3.07. The van der Waals surface area contributed by atoms with Crippen LogP contribution in [0.15, 0.2) is 0 Å². The molecule has 5 N–H and O–H groups in total. The largest absolute Gasteiger partial charge is 0.394 e. The van der Waals surface area contributed by atoms with Gasteiger partial charge in [0.05, 0.1) is 18.8 Å². The maximum absolute atomic E-state index is 9.76. The normalized spacial score (nSPS) is 50.4. The van der Waals surface area contributed by atoms with Crippen LogP contribution in [0.1, 0.15) is 6.42 Å². The molecule has 2 heterocycles. The maximum Gasteiger partial charge on any atom is 0.113 e. The first-order chi connectivity index (χ1) is 7.17. The van der Waals surface area contributed by atoms with Crippen molar-refractivity contribution in [3.05, 3.63) is 0 Å². The van der Waals surface area contributed by atoms with Gasteiger partial charge in [0.1, 0.15) is 24.4 Å². The van der Waals surface area contributed by atoms with E-state index in [2.05, 4.69) is 0 Å². The van der Waals surface area contributed by atoms with Crippen molar-refractivity contribution in [3.63, 3.8) is 0 Å². The molecule has 2 aliphatic heterocycles. The van der Waals surface area contributed by atoms with E-state index in [1.54, 1.807) is 0 Å². The number of nitrogens with two attached hydrogens (primary N) is 1. The van der Waals surface area contributed by atoms with Crippen molar-refractivity contribution in [2.75, 3.05) is 13.2 Å². The summed E-state index contributed by atoms with van der Waals surface area (Å²) in [5, 5.41) is 28.3. The molecule has 0 bridgehead atoms. The molecule has 4 unspecified atom stereocenters. The fourth-order valence-corrected chi connectivity index (χ4v) is 2.21. The Kier molecular flexibility index (Phi) is 3.24. The van der Waals surface area contributed by atoms with E-state index in [1.165, 1.54) is 0 Å². The fourth-order valence-electron chi connectivity index (χ4n) is 2.21. The van der Waals surface area contributed by atoms with Gasteiger partial charge in [0, 0.05) is 13.0 Å². The van der Waals surface area contributed by atoms with Crippen LogP contribution in [0.4, 0.5) is 0 Å². The molecule has 6 atom stereocenters. The monoisotopic (exact) mass is 219 g/mol. The molecule has 6 heteroatoms. The molecule has 0 amide bonds. The average molecular weight is 219 g/mol. The molecule has 0 radical (unpaired) electrons. The lowest BCUT2D eigenvalue weighted by Crippen LogP contribution is -2.57. The quantitative estimate of drug-likeness (QED) is 0.412.